The number of phosphoric ester groups is 1. The molecule has 7 heteroatoms. The summed E-state index contributed by atoms with van der Waals surface area (Å²) in [7, 11) is -4.12. The Kier molecular flexibility index (Phi) is 22.3. The molecule has 182 valence electrons. The molecule has 0 rings (SSSR count). The minimum atomic E-state index is -4.12. The molecule has 0 aliphatic rings. The van der Waals surface area contributed by atoms with Gasteiger partial charge in [0.15, 0.2) is 0 Å². The second kappa shape index (κ2) is 22.2. The van der Waals surface area contributed by atoms with Gasteiger partial charge >= 0.3 is 7.82 Å². The zero-order valence-corrected chi connectivity index (χ0v) is 20.3. The standard InChI is InChI=1S/C23H49O6P/c1-2-3-4-5-6-7-8-9-10-11-12-13-14-15-16-17-18-19-20-28-30(26,27)29-22-23(25)21-24/h23-25H,2-22H2,1H3,(H,26,27). The maximum atomic E-state index is 11.5. The van der Waals surface area contributed by atoms with Crippen LogP contribution in [0, 0.1) is 0 Å². The molecule has 0 aromatic heterocycles. The van der Waals surface area contributed by atoms with Crippen LogP contribution in [0.3, 0.4) is 0 Å². The molecule has 3 N–H and O–H groups in total. The normalized spacial score (nSPS) is 14.7. The lowest BCUT2D eigenvalue weighted by atomic mass is 10.0. The number of phosphoric acid groups is 1. The van der Waals surface area contributed by atoms with Crippen molar-refractivity contribution < 1.29 is 28.7 Å². The molecule has 2 unspecified atom stereocenters. The molecule has 0 heterocycles. The summed E-state index contributed by atoms with van der Waals surface area (Å²) in [6, 6.07) is 0. The highest BCUT2D eigenvalue weighted by Gasteiger charge is 2.22. The van der Waals surface area contributed by atoms with Gasteiger partial charge in [-0.15, -0.1) is 0 Å². The van der Waals surface area contributed by atoms with Crippen molar-refractivity contribution in [3.8, 4) is 0 Å². The first-order chi connectivity index (χ1) is 14.5. The Bertz CT molecular complexity index is 394. The predicted octanol–water partition coefficient (Wildman–Crippen LogP) is 6.51. The quantitative estimate of drug-likeness (QED) is 0.114. The molecule has 0 saturated carbocycles. The van der Waals surface area contributed by atoms with E-state index in [1.807, 2.05) is 0 Å². The maximum absolute atomic E-state index is 11.5. The van der Waals surface area contributed by atoms with Gasteiger partial charge in [-0.3, -0.25) is 9.05 Å². The number of hydrogen-bond donors (Lipinski definition) is 3. The van der Waals surface area contributed by atoms with Crippen LogP contribution in [-0.2, 0) is 13.6 Å². The van der Waals surface area contributed by atoms with E-state index in [0.717, 1.165) is 19.3 Å². The van der Waals surface area contributed by atoms with Crippen LogP contribution in [0.1, 0.15) is 122 Å². The lowest BCUT2D eigenvalue weighted by Gasteiger charge is -2.13. The summed E-state index contributed by atoms with van der Waals surface area (Å²) in [5, 5.41) is 17.7. The first kappa shape index (κ1) is 30.0. The third kappa shape index (κ3) is 22.7. The lowest BCUT2D eigenvalue weighted by molar-refractivity contribution is 0.0361. The minimum Gasteiger partial charge on any atom is -0.394 e. The van der Waals surface area contributed by atoms with Crippen molar-refractivity contribution in [2.45, 2.75) is 129 Å². The Hall–Kier alpha value is 0.0300. The van der Waals surface area contributed by atoms with Gasteiger partial charge in [-0.2, -0.15) is 0 Å². The third-order valence-corrected chi connectivity index (χ3v) is 6.38. The zero-order valence-electron chi connectivity index (χ0n) is 19.4. The highest BCUT2D eigenvalue weighted by molar-refractivity contribution is 7.47. The second-order valence-corrected chi connectivity index (χ2v) is 9.90. The van der Waals surface area contributed by atoms with Gasteiger partial charge in [0, 0.05) is 0 Å². The Labute approximate surface area is 185 Å². The fourth-order valence-electron chi connectivity index (χ4n) is 3.45. The summed E-state index contributed by atoms with van der Waals surface area (Å²) in [6.07, 6.45) is 22.1. The van der Waals surface area contributed by atoms with Gasteiger partial charge in [0.2, 0.25) is 0 Å². The van der Waals surface area contributed by atoms with E-state index >= 15 is 0 Å². The smallest absolute Gasteiger partial charge is 0.394 e. The predicted molar refractivity (Wildman–Crippen MR) is 124 cm³/mol. The van der Waals surface area contributed by atoms with Crippen LogP contribution in [0.5, 0.6) is 0 Å². The second-order valence-electron chi connectivity index (χ2n) is 8.44. The molecule has 0 radical (unpaired) electrons. The Balaban J connectivity index is 3.22. The monoisotopic (exact) mass is 452 g/mol. The Morgan fingerprint density at radius 1 is 0.667 bits per heavy atom. The zero-order chi connectivity index (χ0) is 22.3. The Morgan fingerprint density at radius 2 is 1.03 bits per heavy atom. The summed E-state index contributed by atoms with van der Waals surface area (Å²) in [4.78, 5) is 9.42. The van der Waals surface area contributed by atoms with Crippen molar-refractivity contribution >= 4 is 7.82 Å². The first-order valence-corrected chi connectivity index (χ1v) is 13.9. The van der Waals surface area contributed by atoms with Gasteiger partial charge in [-0.05, 0) is 6.42 Å². The van der Waals surface area contributed by atoms with Crippen molar-refractivity contribution in [1.82, 2.24) is 0 Å². The van der Waals surface area contributed by atoms with Crippen LogP contribution >= 0.6 is 7.82 Å². The molecule has 0 aromatic carbocycles. The van der Waals surface area contributed by atoms with Crippen molar-refractivity contribution in [2.75, 3.05) is 19.8 Å². The van der Waals surface area contributed by atoms with E-state index in [2.05, 4.69) is 11.4 Å². The molecular formula is C23H49O6P. The number of aliphatic hydroxyl groups is 2. The molecule has 0 fully saturated rings. The van der Waals surface area contributed by atoms with Crippen LogP contribution in [0.2, 0.25) is 0 Å². The average molecular weight is 453 g/mol. The van der Waals surface area contributed by atoms with E-state index in [0.29, 0.717) is 0 Å². The molecule has 30 heavy (non-hydrogen) atoms. The average Bonchev–Trinajstić information content (AvgIpc) is 2.73. The van der Waals surface area contributed by atoms with E-state index in [1.165, 1.54) is 96.3 Å². The van der Waals surface area contributed by atoms with Crippen molar-refractivity contribution in [1.29, 1.82) is 0 Å². The van der Waals surface area contributed by atoms with Crippen molar-refractivity contribution in [3.63, 3.8) is 0 Å². The van der Waals surface area contributed by atoms with Crippen LogP contribution in [0.15, 0.2) is 0 Å². The molecule has 0 aliphatic carbocycles. The van der Waals surface area contributed by atoms with E-state index in [9.17, 15) is 9.46 Å². The summed E-state index contributed by atoms with van der Waals surface area (Å²) in [6.45, 7) is 1.51. The van der Waals surface area contributed by atoms with Crippen molar-refractivity contribution in [3.05, 3.63) is 0 Å². The fourth-order valence-corrected chi connectivity index (χ4v) is 4.25. The summed E-state index contributed by atoms with van der Waals surface area (Å²) < 4.78 is 21.0. The van der Waals surface area contributed by atoms with Gasteiger partial charge in [0.05, 0.1) is 19.8 Å². The van der Waals surface area contributed by atoms with Gasteiger partial charge < -0.3 is 15.1 Å². The largest absolute Gasteiger partial charge is 0.472 e. The SMILES string of the molecule is CCCCCCCCCCCCCCCCCCCCOP(=O)(O)OCC(O)CO. The molecule has 0 saturated heterocycles. The third-order valence-electron chi connectivity index (χ3n) is 5.39. The van der Waals surface area contributed by atoms with Crippen LogP contribution in [0.25, 0.3) is 0 Å². The number of hydrogen-bond acceptors (Lipinski definition) is 5. The summed E-state index contributed by atoms with van der Waals surface area (Å²) in [5.74, 6) is 0. The molecule has 0 aliphatic heterocycles. The number of rotatable bonds is 24. The first-order valence-electron chi connectivity index (χ1n) is 12.4. The van der Waals surface area contributed by atoms with Crippen LogP contribution < -0.4 is 0 Å². The molecule has 2 atom stereocenters. The highest BCUT2D eigenvalue weighted by Crippen LogP contribution is 2.43. The summed E-state index contributed by atoms with van der Waals surface area (Å²) >= 11 is 0. The van der Waals surface area contributed by atoms with Gasteiger partial charge in [0.25, 0.3) is 0 Å². The van der Waals surface area contributed by atoms with E-state index in [-0.39, 0.29) is 6.61 Å². The molecule has 0 spiro atoms. The highest BCUT2D eigenvalue weighted by atomic mass is 31.2. The topological polar surface area (TPSA) is 96.2 Å². The summed E-state index contributed by atoms with van der Waals surface area (Å²) in [5.41, 5.74) is 0. The minimum absolute atomic E-state index is 0.168. The molecule has 0 bridgehead atoms. The number of unbranched alkanes of at least 4 members (excludes halogenated alkanes) is 17. The fraction of sp³-hybridized carbons (Fsp3) is 1.00. The van der Waals surface area contributed by atoms with E-state index in [4.69, 9.17) is 14.7 Å². The van der Waals surface area contributed by atoms with Gasteiger partial charge in [-0.25, -0.2) is 4.57 Å². The van der Waals surface area contributed by atoms with E-state index in [1.54, 1.807) is 0 Å². The maximum Gasteiger partial charge on any atom is 0.472 e. The molecule has 0 aromatic rings. The van der Waals surface area contributed by atoms with Gasteiger partial charge in [-0.1, -0.05) is 116 Å². The Morgan fingerprint density at radius 3 is 1.40 bits per heavy atom. The van der Waals surface area contributed by atoms with Gasteiger partial charge in [0.1, 0.15) is 6.10 Å². The molecule has 0 amide bonds. The molecular weight excluding hydrogens is 403 g/mol. The van der Waals surface area contributed by atoms with E-state index < -0.39 is 27.1 Å². The number of aliphatic hydroxyl groups excluding tert-OH is 2. The van der Waals surface area contributed by atoms with Crippen molar-refractivity contribution in [2.24, 2.45) is 0 Å². The lowest BCUT2D eigenvalue weighted by Crippen LogP contribution is -2.18. The molecule has 6 nitrogen and oxygen atoms in total. The van der Waals surface area contributed by atoms with Crippen LogP contribution in [0.4, 0.5) is 0 Å². The van der Waals surface area contributed by atoms with Crippen LogP contribution in [-0.4, -0.2) is 41.0 Å².